The van der Waals surface area contributed by atoms with Gasteiger partial charge >= 0.3 is 5.97 Å². The Morgan fingerprint density at radius 2 is 2.04 bits per heavy atom. The standard InChI is InChI=1S/C16H17FN2O4S/c1-9(16(22)23)19(6-5-18-10(2)20)15(21)14-8-11-7-12(17)3-4-13(11)24-14/h3-4,7-9H,5-6H2,1-2H3,(H,18,20)(H,22,23). The van der Waals surface area contributed by atoms with Crippen molar-refractivity contribution in [1.29, 1.82) is 0 Å². The van der Waals surface area contributed by atoms with Crippen LogP contribution >= 0.6 is 11.3 Å². The van der Waals surface area contributed by atoms with Gasteiger partial charge in [-0.1, -0.05) is 0 Å². The van der Waals surface area contributed by atoms with E-state index in [1.54, 1.807) is 12.1 Å². The summed E-state index contributed by atoms with van der Waals surface area (Å²) in [5, 5.41) is 12.3. The predicted octanol–water partition coefficient (Wildman–Crippen LogP) is 2.09. The number of thiophene rings is 1. The van der Waals surface area contributed by atoms with E-state index in [0.29, 0.717) is 10.3 Å². The molecule has 2 amide bonds. The third kappa shape index (κ3) is 4.08. The fraction of sp³-hybridized carbons (Fsp3) is 0.312. The molecular weight excluding hydrogens is 335 g/mol. The first-order valence-corrected chi connectivity index (χ1v) is 8.08. The van der Waals surface area contributed by atoms with Gasteiger partial charge in [-0.15, -0.1) is 11.3 Å². The second kappa shape index (κ2) is 7.39. The highest BCUT2D eigenvalue weighted by molar-refractivity contribution is 7.20. The largest absolute Gasteiger partial charge is 0.480 e. The molecule has 1 heterocycles. The summed E-state index contributed by atoms with van der Waals surface area (Å²) in [4.78, 5) is 36.4. The molecule has 1 aromatic heterocycles. The van der Waals surface area contributed by atoms with E-state index in [2.05, 4.69) is 5.32 Å². The first-order valence-electron chi connectivity index (χ1n) is 7.27. The van der Waals surface area contributed by atoms with Gasteiger partial charge in [-0.05, 0) is 36.6 Å². The van der Waals surface area contributed by atoms with Crippen LogP contribution in [0, 0.1) is 5.82 Å². The molecule has 1 atom stereocenters. The van der Waals surface area contributed by atoms with Crippen LogP contribution in [0.3, 0.4) is 0 Å². The summed E-state index contributed by atoms with van der Waals surface area (Å²) in [5.41, 5.74) is 0. The summed E-state index contributed by atoms with van der Waals surface area (Å²) >= 11 is 1.17. The second-order valence-electron chi connectivity index (χ2n) is 5.29. The summed E-state index contributed by atoms with van der Waals surface area (Å²) in [6.07, 6.45) is 0. The number of benzene rings is 1. The van der Waals surface area contributed by atoms with Crippen molar-refractivity contribution in [3.63, 3.8) is 0 Å². The highest BCUT2D eigenvalue weighted by Gasteiger charge is 2.27. The van der Waals surface area contributed by atoms with Crippen LogP contribution in [0.1, 0.15) is 23.5 Å². The van der Waals surface area contributed by atoms with E-state index in [1.165, 1.54) is 42.2 Å². The summed E-state index contributed by atoms with van der Waals surface area (Å²) < 4.78 is 14.0. The number of fused-ring (bicyclic) bond motifs is 1. The minimum atomic E-state index is -1.14. The van der Waals surface area contributed by atoms with Gasteiger partial charge in [-0.25, -0.2) is 9.18 Å². The molecule has 24 heavy (non-hydrogen) atoms. The van der Waals surface area contributed by atoms with Crippen LogP contribution in [-0.2, 0) is 9.59 Å². The zero-order valence-corrected chi connectivity index (χ0v) is 14.0. The maximum atomic E-state index is 13.3. The molecule has 6 nitrogen and oxygen atoms in total. The van der Waals surface area contributed by atoms with Crippen molar-refractivity contribution in [3.05, 3.63) is 35.0 Å². The molecule has 2 rings (SSSR count). The average Bonchev–Trinajstić information content (AvgIpc) is 2.93. The fourth-order valence-electron chi connectivity index (χ4n) is 2.22. The van der Waals surface area contributed by atoms with Crippen molar-refractivity contribution in [3.8, 4) is 0 Å². The molecule has 0 bridgehead atoms. The number of hydrogen-bond acceptors (Lipinski definition) is 4. The van der Waals surface area contributed by atoms with Crippen molar-refractivity contribution >= 4 is 39.2 Å². The number of carboxylic acids is 1. The minimum Gasteiger partial charge on any atom is -0.480 e. The summed E-state index contributed by atoms with van der Waals surface area (Å²) in [6.45, 7) is 2.96. The zero-order chi connectivity index (χ0) is 17.9. The first kappa shape index (κ1) is 17.9. The molecule has 0 spiro atoms. The number of carbonyl (C=O) groups excluding carboxylic acids is 2. The topological polar surface area (TPSA) is 86.7 Å². The monoisotopic (exact) mass is 352 g/mol. The smallest absolute Gasteiger partial charge is 0.326 e. The summed E-state index contributed by atoms with van der Waals surface area (Å²) in [7, 11) is 0. The van der Waals surface area contributed by atoms with E-state index in [0.717, 1.165) is 4.70 Å². The Morgan fingerprint density at radius 1 is 1.33 bits per heavy atom. The Morgan fingerprint density at radius 3 is 2.67 bits per heavy atom. The Hall–Kier alpha value is -2.48. The highest BCUT2D eigenvalue weighted by atomic mass is 32.1. The van der Waals surface area contributed by atoms with Crippen LogP contribution < -0.4 is 5.32 Å². The van der Waals surface area contributed by atoms with Gasteiger partial charge in [0.05, 0.1) is 4.88 Å². The van der Waals surface area contributed by atoms with Gasteiger partial charge in [-0.3, -0.25) is 9.59 Å². The highest BCUT2D eigenvalue weighted by Crippen LogP contribution is 2.27. The van der Waals surface area contributed by atoms with Crippen LogP contribution in [0.4, 0.5) is 4.39 Å². The summed E-state index contributed by atoms with van der Waals surface area (Å²) in [5.74, 6) is -2.27. The third-order valence-electron chi connectivity index (χ3n) is 3.50. The van der Waals surface area contributed by atoms with Crippen LogP contribution in [0.25, 0.3) is 10.1 Å². The Balaban J connectivity index is 2.26. The maximum absolute atomic E-state index is 13.3. The predicted molar refractivity (Wildman–Crippen MR) is 88.6 cm³/mol. The number of nitrogens with zero attached hydrogens (tertiary/aromatic N) is 1. The molecule has 2 N–H and O–H groups in total. The van der Waals surface area contributed by atoms with Gasteiger partial charge in [0.1, 0.15) is 11.9 Å². The molecule has 1 aromatic carbocycles. The molecule has 0 aliphatic carbocycles. The van der Waals surface area contributed by atoms with Crippen molar-refractivity contribution in [2.45, 2.75) is 19.9 Å². The fourth-order valence-corrected chi connectivity index (χ4v) is 3.22. The van der Waals surface area contributed by atoms with E-state index in [-0.39, 0.29) is 19.0 Å². The van der Waals surface area contributed by atoms with Crippen molar-refractivity contribution in [1.82, 2.24) is 10.2 Å². The van der Waals surface area contributed by atoms with Gasteiger partial charge < -0.3 is 15.3 Å². The van der Waals surface area contributed by atoms with E-state index < -0.39 is 23.7 Å². The lowest BCUT2D eigenvalue weighted by atomic mass is 10.2. The number of carboxylic acid groups (broad SMARTS) is 1. The van der Waals surface area contributed by atoms with E-state index in [9.17, 15) is 23.9 Å². The molecule has 0 aliphatic rings. The maximum Gasteiger partial charge on any atom is 0.326 e. The van der Waals surface area contributed by atoms with Gasteiger partial charge in [0.2, 0.25) is 5.91 Å². The Kier molecular flexibility index (Phi) is 5.50. The molecule has 2 aromatic rings. The number of amides is 2. The molecule has 0 fully saturated rings. The quantitative estimate of drug-likeness (QED) is 0.833. The number of halogens is 1. The summed E-state index contributed by atoms with van der Waals surface area (Å²) in [6, 6.07) is 4.71. The molecule has 0 aliphatic heterocycles. The van der Waals surface area contributed by atoms with Gasteiger partial charge in [0.25, 0.3) is 5.91 Å². The van der Waals surface area contributed by atoms with E-state index in [1.807, 2.05) is 0 Å². The van der Waals surface area contributed by atoms with Crippen LogP contribution in [0.15, 0.2) is 24.3 Å². The molecule has 0 saturated heterocycles. The molecule has 0 radical (unpaired) electrons. The van der Waals surface area contributed by atoms with E-state index in [4.69, 9.17) is 0 Å². The van der Waals surface area contributed by atoms with Crippen molar-refractivity contribution in [2.24, 2.45) is 0 Å². The number of rotatable bonds is 6. The van der Waals surface area contributed by atoms with Gasteiger partial charge in [0.15, 0.2) is 0 Å². The number of carbonyl (C=O) groups is 3. The lowest BCUT2D eigenvalue weighted by Crippen LogP contribution is -2.46. The molecule has 128 valence electrons. The zero-order valence-electron chi connectivity index (χ0n) is 13.2. The van der Waals surface area contributed by atoms with Crippen LogP contribution in [0.5, 0.6) is 0 Å². The molecule has 0 saturated carbocycles. The first-order chi connectivity index (χ1) is 11.3. The molecule has 8 heteroatoms. The Labute approximate surface area is 141 Å². The number of hydrogen-bond donors (Lipinski definition) is 2. The van der Waals surface area contributed by atoms with Crippen molar-refractivity contribution < 1.29 is 23.9 Å². The van der Waals surface area contributed by atoms with Gasteiger partial charge in [0, 0.05) is 24.7 Å². The van der Waals surface area contributed by atoms with Crippen LogP contribution in [0.2, 0.25) is 0 Å². The number of aliphatic carboxylic acids is 1. The second-order valence-corrected chi connectivity index (χ2v) is 6.37. The van der Waals surface area contributed by atoms with E-state index >= 15 is 0 Å². The lowest BCUT2D eigenvalue weighted by Gasteiger charge is -2.26. The third-order valence-corrected chi connectivity index (χ3v) is 4.61. The van der Waals surface area contributed by atoms with Crippen molar-refractivity contribution in [2.75, 3.05) is 13.1 Å². The minimum absolute atomic E-state index is 0.0640. The molecule has 1 unspecified atom stereocenters. The lowest BCUT2D eigenvalue weighted by molar-refractivity contribution is -0.141. The Bertz CT molecular complexity index is 789. The SMILES string of the molecule is CC(=O)NCCN(C(=O)c1cc2cc(F)ccc2s1)C(C)C(=O)O. The molecular formula is C16H17FN2O4S. The average molecular weight is 352 g/mol. The van der Waals surface area contributed by atoms with Crippen LogP contribution in [-0.4, -0.2) is 46.9 Å². The normalized spacial score (nSPS) is 12.0. The van der Waals surface area contributed by atoms with Gasteiger partial charge in [-0.2, -0.15) is 0 Å². The number of nitrogens with one attached hydrogen (secondary N) is 1.